The molecule has 1 fully saturated rings. The van der Waals surface area contributed by atoms with Crippen LogP contribution in [0.4, 0.5) is 17.3 Å². The van der Waals surface area contributed by atoms with Gasteiger partial charge < -0.3 is 24.8 Å². The number of fused-ring (bicyclic) bond motifs is 2. The maximum absolute atomic E-state index is 6.16. The van der Waals surface area contributed by atoms with Crippen molar-refractivity contribution in [2.45, 2.75) is 6.92 Å². The summed E-state index contributed by atoms with van der Waals surface area (Å²) in [5.74, 6) is 3.17. The molecule has 4 heterocycles. The fraction of sp³-hybridized carbons (Fsp3) is 0.231. The van der Waals surface area contributed by atoms with E-state index in [0.717, 1.165) is 76.8 Å². The van der Waals surface area contributed by atoms with Gasteiger partial charge in [0.15, 0.2) is 5.82 Å². The van der Waals surface area contributed by atoms with E-state index in [-0.39, 0.29) is 12.4 Å². The highest BCUT2D eigenvalue weighted by atomic mass is 35.5. The molecule has 0 saturated carbocycles. The second-order valence-electron chi connectivity index (χ2n) is 8.71. The zero-order chi connectivity index (χ0) is 23.8. The lowest BCUT2D eigenvalue weighted by atomic mass is 10.2. The molecule has 0 amide bonds. The van der Waals surface area contributed by atoms with Gasteiger partial charge in [0, 0.05) is 45.0 Å². The molecule has 2 N–H and O–H groups in total. The summed E-state index contributed by atoms with van der Waals surface area (Å²) in [6.45, 7) is 5.81. The summed E-state index contributed by atoms with van der Waals surface area (Å²) in [4.78, 5) is 20.5. The van der Waals surface area contributed by atoms with Gasteiger partial charge in [-0.2, -0.15) is 0 Å². The largest absolute Gasteiger partial charge is 0.457 e. The van der Waals surface area contributed by atoms with Gasteiger partial charge in [0.1, 0.15) is 29.2 Å². The van der Waals surface area contributed by atoms with Gasteiger partial charge in [-0.25, -0.2) is 19.9 Å². The minimum absolute atomic E-state index is 0. The summed E-state index contributed by atoms with van der Waals surface area (Å²) >= 11 is 0. The van der Waals surface area contributed by atoms with Gasteiger partial charge in [-0.15, -0.1) is 12.4 Å². The van der Waals surface area contributed by atoms with E-state index in [4.69, 9.17) is 9.72 Å². The highest BCUT2D eigenvalue weighted by molar-refractivity contribution is 5.88. The van der Waals surface area contributed by atoms with E-state index < -0.39 is 0 Å². The van der Waals surface area contributed by atoms with Crippen LogP contribution in [0.15, 0.2) is 61.2 Å². The summed E-state index contributed by atoms with van der Waals surface area (Å²) in [5.41, 5.74) is 5.45. The normalized spacial score (nSPS) is 13.6. The van der Waals surface area contributed by atoms with E-state index >= 15 is 0 Å². The van der Waals surface area contributed by atoms with Crippen molar-refractivity contribution in [2.24, 2.45) is 7.05 Å². The van der Waals surface area contributed by atoms with E-state index in [9.17, 15) is 0 Å². The van der Waals surface area contributed by atoms with E-state index in [1.807, 2.05) is 67.1 Å². The molecule has 0 atom stereocenters. The molecular weight excluding hydrogens is 476 g/mol. The molecule has 0 spiro atoms. The Balaban J connectivity index is 0.00000267. The quantitative estimate of drug-likeness (QED) is 0.360. The number of rotatable bonds is 5. The van der Waals surface area contributed by atoms with Gasteiger partial charge in [0.2, 0.25) is 0 Å². The Bertz CT molecular complexity index is 1530. The van der Waals surface area contributed by atoms with Crippen LogP contribution in [0.5, 0.6) is 11.5 Å². The Morgan fingerprint density at radius 1 is 0.944 bits per heavy atom. The number of aryl methyl sites for hydroxylation is 2. The Hall–Kier alpha value is -3.95. The number of pyridine rings is 1. The Morgan fingerprint density at radius 2 is 1.81 bits per heavy atom. The fourth-order valence-electron chi connectivity index (χ4n) is 4.38. The number of anilines is 3. The SMILES string of the molecule is Cc1cc(Nc2ncnc3ccc(N4CCNCC4)nc23)ccc1Oc1ccc2c(c1)ncn2C.Cl. The molecule has 36 heavy (non-hydrogen) atoms. The Kier molecular flexibility index (Phi) is 6.58. The lowest BCUT2D eigenvalue weighted by Gasteiger charge is -2.28. The van der Waals surface area contributed by atoms with Gasteiger partial charge >= 0.3 is 0 Å². The molecule has 1 aliphatic rings. The van der Waals surface area contributed by atoms with E-state index in [1.165, 1.54) is 0 Å². The second-order valence-corrected chi connectivity index (χ2v) is 8.71. The molecular formula is C26H27ClN8O. The average molecular weight is 503 g/mol. The third kappa shape index (κ3) is 4.62. The first-order valence-corrected chi connectivity index (χ1v) is 11.7. The van der Waals surface area contributed by atoms with Crippen molar-refractivity contribution in [3.8, 4) is 11.5 Å². The zero-order valence-electron chi connectivity index (χ0n) is 20.1. The number of aromatic nitrogens is 5. The maximum atomic E-state index is 6.16. The number of benzene rings is 2. The minimum Gasteiger partial charge on any atom is -0.457 e. The first-order valence-electron chi connectivity index (χ1n) is 11.7. The van der Waals surface area contributed by atoms with Crippen LogP contribution in [0.3, 0.4) is 0 Å². The Morgan fingerprint density at radius 3 is 2.64 bits per heavy atom. The highest BCUT2D eigenvalue weighted by Crippen LogP contribution is 2.31. The lowest BCUT2D eigenvalue weighted by molar-refractivity contribution is 0.479. The summed E-state index contributed by atoms with van der Waals surface area (Å²) < 4.78 is 8.15. The highest BCUT2D eigenvalue weighted by Gasteiger charge is 2.14. The average Bonchev–Trinajstić information content (AvgIpc) is 3.26. The summed E-state index contributed by atoms with van der Waals surface area (Å²) in [5, 5.41) is 6.80. The third-order valence-electron chi connectivity index (χ3n) is 6.27. The topological polar surface area (TPSA) is 93.0 Å². The molecule has 0 aliphatic carbocycles. The van der Waals surface area contributed by atoms with Crippen molar-refractivity contribution >= 4 is 51.8 Å². The molecule has 1 aliphatic heterocycles. The van der Waals surface area contributed by atoms with Crippen molar-refractivity contribution < 1.29 is 4.74 Å². The van der Waals surface area contributed by atoms with Crippen LogP contribution in [0.2, 0.25) is 0 Å². The lowest BCUT2D eigenvalue weighted by Crippen LogP contribution is -2.43. The molecule has 3 aromatic heterocycles. The Labute approximate surface area is 215 Å². The van der Waals surface area contributed by atoms with Crippen LogP contribution in [-0.4, -0.2) is 50.7 Å². The van der Waals surface area contributed by atoms with Crippen molar-refractivity contribution in [1.82, 2.24) is 29.8 Å². The first-order chi connectivity index (χ1) is 17.1. The van der Waals surface area contributed by atoms with Crippen LogP contribution in [0.1, 0.15) is 5.56 Å². The molecule has 10 heteroatoms. The predicted octanol–water partition coefficient (Wildman–Crippen LogP) is 4.59. The second kappa shape index (κ2) is 9.96. The zero-order valence-corrected chi connectivity index (χ0v) is 20.9. The van der Waals surface area contributed by atoms with Crippen LogP contribution in [0.25, 0.3) is 22.1 Å². The number of ether oxygens (including phenoxy) is 1. The molecule has 0 bridgehead atoms. The number of nitrogens with one attached hydrogen (secondary N) is 2. The number of hydrogen-bond donors (Lipinski definition) is 2. The van der Waals surface area contributed by atoms with E-state index in [1.54, 1.807) is 12.7 Å². The van der Waals surface area contributed by atoms with E-state index in [0.29, 0.717) is 5.82 Å². The van der Waals surface area contributed by atoms with Crippen molar-refractivity contribution in [3.05, 3.63) is 66.7 Å². The van der Waals surface area contributed by atoms with Crippen molar-refractivity contribution in [2.75, 3.05) is 36.4 Å². The molecule has 0 radical (unpaired) electrons. The minimum atomic E-state index is 0. The molecule has 184 valence electrons. The summed E-state index contributed by atoms with van der Waals surface area (Å²) in [7, 11) is 1.98. The smallest absolute Gasteiger partial charge is 0.160 e. The number of piperazine rings is 1. The predicted molar refractivity (Wildman–Crippen MR) is 145 cm³/mol. The summed E-state index contributed by atoms with van der Waals surface area (Å²) in [6.07, 6.45) is 3.37. The summed E-state index contributed by atoms with van der Waals surface area (Å²) in [6, 6.07) is 16.0. The molecule has 5 aromatic rings. The number of halogens is 1. The van der Waals surface area contributed by atoms with Crippen LogP contribution < -0.4 is 20.3 Å². The van der Waals surface area contributed by atoms with Crippen molar-refractivity contribution in [1.29, 1.82) is 0 Å². The molecule has 6 rings (SSSR count). The molecule has 2 aromatic carbocycles. The molecule has 1 saturated heterocycles. The van der Waals surface area contributed by atoms with Gasteiger partial charge in [-0.1, -0.05) is 0 Å². The number of nitrogens with zero attached hydrogens (tertiary/aromatic N) is 6. The van der Waals surface area contributed by atoms with Gasteiger partial charge in [-0.05, 0) is 55.0 Å². The van der Waals surface area contributed by atoms with Crippen LogP contribution in [-0.2, 0) is 7.05 Å². The first kappa shape index (κ1) is 23.8. The van der Waals surface area contributed by atoms with Crippen LogP contribution in [0, 0.1) is 6.92 Å². The van der Waals surface area contributed by atoms with Gasteiger partial charge in [0.25, 0.3) is 0 Å². The number of imidazole rings is 1. The van der Waals surface area contributed by atoms with Crippen LogP contribution >= 0.6 is 12.4 Å². The fourth-order valence-corrected chi connectivity index (χ4v) is 4.38. The van der Waals surface area contributed by atoms with E-state index in [2.05, 4.69) is 30.5 Å². The molecule has 9 nitrogen and oxygen atoms in total. The number of hydrogen-bond acceptors (Lipinski definition) is 8. The monoisotopic (exact) mass is 502 g/mol. The molecule has 0 unspecified atom stereocenters. The third-order valence-corrected chi connectivity index (χ3v) is 6.27. The van der Waals surface area contributed by atoms with Gasteiger partial charge in [-0.3, -0.25) is 0 Å². The maximum Gasteiger partial charge on any atom is 0.160 e. The standard InChI is InChI=1S/C26H26N8O.ClH/c1-17-13-18(3-7-23(17)35-19-4-6-22-21(14-19)30-16-33(22)2)31-26-25-20(28-15-29-26)5-8-24(32-25)34-11-9-27-10-12-34;/h3-8,13-16,27H,9-12H2,1-2H3,(H,28,29,31);1H. The van der Waals surface area contributed by atoms with Crippen molar-refractivity contribution in [3.63, 3.8) is 0 Å². The van der Waals surface area contributed by atoms with Gasteiger partial charge in [0.05, 0.1) is 22.9 Å².